The molecule has 0 aliphatic carbocycles. The second kappa shape index (κ2) is 5.09. The summed E-state index contributed by atoms with van der Waals surface area (Å²) in [5, 5.41) is 8.97. The number of rotatable bonds is 4. The van der Waals surface area contributed by atoms with Crippen molar-refractivity contribution in [3.05, 3.63) is 16.1 Å². The van der Waals surface area contributed by atoms with Gasteiger partial charge >= 0.3 is 0 Å². The fourth-order valence-electron chi connectivity index (χ4n) is 1.65. The molecule has 2 rings (SSSR count). The Hall–Kier alpha value is -1.37. The molecular formula is C11H10ClNO4S. The highest BCUT2D eigenvalue weighted by Gasteiger charge is 2.21. The SMILES string of the molecule is COc1cc(C(=O)CO)c2nc(Cl)sc2c1OC. The first-order valence-electron chi connectivity index (χ1n) is 4.97. The van der Waals surface area contributed by atoms with Crippen LogP contribution in [0.15, 0.2) is 6.07 Å². The molecule has 0 saturated heterocycles. The zero-order valence-corrected chi connectivity index (χ0v) is 11.3. The molecule has 0 aliphatic heterocycles. The van der Waals surface area contributed by atoms with Gasteiger partial charge in [0.1, 0.15) is 11.3 Å². The van der Waals surface area contributed by atoms with Crippen LogP contribution in [-0.2, 0) is 0 Å². The minimum absolute atomic E-state index is 0.272. The number of nitrogens with zero attached hydrogens (tertiary/aromatic N) is 1. The summed E-state index contributed by atoms with van der Waals surface area (Å²) >= 11 is 7.06. The third-order valence-electron chi connectivity index (χ3n) is 2.43. The average Bonchev–Trinajstić information content (AvgIpc) is 2.76. The number of carbonyl (C=O) groups excluding carboxylic acids is 1. The molecule has 18 heavy (non-hydrogen) atoms. The number of hydrogen-bond donors (Lipinski definition) is 1. The molecule has 0 saturated carbocycles. The zero-order chi connectivity index (χ0) is 13.3. The molecule has 0 radical (unpaired) electrons. The first-order valence-corrected chi connectivity index (χ1v) is 6.16. The van der Waals surface area contributed by atoms with Crippen molar-refractivity contribution in [2.24, 2.45) is 0 Å². The first-order chi connectivity index (χ1) is 8.62. The van der Waals surface area contributed by atoms with E-state index in [0.717, 1.165) is 0 Å². The minimum atomic E-state index is -0.597. The lowest BCUT2D eigenvalue weighted by atomic mass is 10.1. The van der Waals surface area contributed by atoms with Gasteiger partial charge in [0.2, 0.25) is 0 Å². The van der Waals surface area contributed by atoms with Crippen LogP contribution in [0, 0.1) is 0 Å². The number of fused-ring (bicyclic) bond motifs is 1. The second-order valence-corrected chi connectivity index (χ2v) is 4.97. The monoisotopic (exact) mass is 287 g/mol. The average molecular weight is 288 g/mol. The van der Waals surface area contributed by atoms with Crippen LogP contribution < -0.4 is 9.47 Å². The topological polar surface area (TPSA) is 68.7 Å². The van der Waals surface area contributed by atoms with Crippen molar-refractivity contribution in [3.63, 3.8) is 0 Å². The van der Waals surface area contributed by atoms with Gasteiger partial charge in [-0.15, -0.1) is 0 Å². The van der Waals surface area contributed by atoms with Gasteiger partial charge in [-0.3, -0.25) is 4.79 Å². The summed E-state index contributed by atoms with van der Waals surface area (Å²) in [6.45, 7) is -0.597. The van der Waals surface area contributed by atoms with Crippen LogP contribution in [-0.4, -0.2) is 36.7 Å². The highest BCUT2D eigenvalue weighted by molar-refractivity contribution is 7.22. The van der Waals surface area contributed by atoms with Gasteiger partial charge in [-0.25, -0.2) is 4.98 Å². The lowest BCUT2D eigenvalue weighted by molar-refractivity contribution is 0.0905. The minimum Gasteiger partial charge on any atom is -0.493 e. The predicted octanol–water partition coefficient (Wildman–Crippen LogP) is 2.14. The molecule has 7 heteroatoms. The molecule has 0 atom stereocenters. The Kier molecular flexibility index (Phi) is 3.70. The number of ketones is 1. The van der Waals surface area contributed by atoms with Crippen LogP contribution in [0.1, 0.15) is 10.4 Å². The van der Waals surface area contributed by atoms with E-state index in [-0.39, 0.29) is 5.56 Å². The van der Waals surface area contributed by atoms with E-state index in [1.54, 1.807) is 0 Å². The number of carbonyl (C=O) groups is 1. The summed E-state index contributed by atoms with van der Waals surface area (Å²) in [7, 11) is 2.97. The molecule has 1 heterocycles. The Morgan fingerprint density at radius 3 is 2.78 bits per heavy atom. The highest BCUT2D eigenvalue weighted by Crippen LogP contribution is 2.42. The van der Waals surface area contributed by atoms with E-state index in [1.165, 1.54) is 31.6 Å². The number of aliphatic hydroxyl groups is 1. The zero-order valence-electron chi connectivity index (χ0n) is 9.69. The van der Waals surface area contributed by atoms with Gasteiger partial charge in [0.15, 0.2) is 21.7 Å². The number of Topliss-reactive ketones (excluding diaryl/α,β-unsaturated/α-hetero) is 1. The quantitative estimate of drug-likeness (QED) is 0.873. The first kappa shape index (κ1) is 13.1. The Morgan fingerprint density at radius 1 is 1.50 bits per heavy atom. The van der Waals surface area contributed by atoms with E-state index in [0.29, 0.717) is 26.2 Å². The molecule has 1 aromatic heterocycles. The Labute approximate surface area is 112 Å². The summed E-state index contributed by atoms with van der Waals surface area (Å²) in [4.78, 5) is 15.8. The summed E-state index contributed by atoms with van der Waals surface area (Å²) in [6, 6.07) is 1.50. The Morgan fingerprint density at radius 2 is 2.22 bits per heavy atom. The Bertz CT molecular complexity index is 611. The molecule has 96 valence electrons. The number of thiazole rings is 1. The highest BCUT2D eigenvalue weighted by atomic mass is 35.5. The number of aliphatic hydroxyl groups excluding tert-OH is 1. The number of halogens is 1. The number of methoxy groups -OCH3 is 2. The molecule has 0 unspecified atom stereocenters. The number of benzene rings is 1. The fourth-order valence-corrected chi connectivity index (χ4v) is 2.80. The van der Waals surface area contributed by atoms with Gasteiger partial charge in [0.05, 0.1) is 25.3 Å². The van der Waals surface area contributed by atoms with Gasteiger partial charge in [0.25, 0.3) is 0 Å². The van der Waals surface area contributed by atoms with E-state index in [2.05, 4.69) is 4.98 Å². The van der Waals surface area contributed by atoms with Crippen molar-refractivity contribution in [2.45, 2.75) is 0 Å². The van der Waals surface area contributed by atoms with E-state index < -0.39 is 12.4 Å². The lowest BCUT2D eigenvalue weighted by Gasteiger charge is -2.10. The molecule has 0 bridgehead atoms. The normalized spacial score (nSPS) is 10.7. The molecule has 0 fully saturated rings. The van der Waals surface area contributed by atoms with Crippen LogP contribution in [0.3, 0.4) is 0 Å². The predicted molar refractivity (Wildman–Crippen MR) is 69.2 cm³/mol. The number of aromatic nitrogens is 1. The molecule has 5 nitrogen and oxygen atoms in total. The lowest BCUT2D eigenvalue weighted by Crippen LogP contribution is -2.06. The van der Waals surface area contributed by atoms with Gasteiger partial charge in [-0.05, 0) is 6.07 Å². The fraction of sp³-hybridized carbons (Fsp3) is 0.273. The second-order valence-electron chi connectivity index (χ2n) is 3.39. The summed E-state index contributed by atoms with van der Waals surface area (Å²) in [5.41, 5.74) is 0.690. The van der Waals surface area contributed by atoms with Crippen molar-refractivity contribution in [1.82, 2.24) is 4.98 Å². The summed E-state index contributed by atoms with van der Waals surface area (Å²) < 4.78 is 11.3. The van der Waals surface area contributed by atoms with Crippen LogP contribution in [0.4, 0.5) is 0 Å². The van der Waals surface area contributed by atoms with Crippen LogP contribution in [0.2, 0.25) is 4.47 Å². The molecule has 0 aliphatic rings. The summed E-state index contributed by atoms with van der Waals surface area (Å²) in [6.07, 6.45) is 0. The number of hydrogen-bond acceptors (Lipinski definition) is 6. The maximum atomic E-state index is 11.7. The Balaban J connectivity index is 2.83. The van der Waals surface area contributed by atoms with E-state index in [4.69, 9.17) is 26.2 Å². The van der Waals surface area contributed by atoms with E-state index >= 15 is 0 Å². The van der Waals surface area contributed by atoms with Crippen LogP contribution >= 0.6 is 22.9 Å². The third-order valence-corrected chi connectivity index (χ3v) is 3.59. The summed E-state index contributed by atoms with van der Waals surface area (Å²) in [5.74, 6) is 0.441. The molecule has 1 N–H and O–H groups in total. The standard InChI is InChI=1S/C11H10ClNO4S/c1-16-7-3-5(6(15)4-14)8-10(9(7)17-2)18-11(12)13-8/h3,14H,4H2,1-2H3. The number of ether oxygens (including phenoxy) is 2. The molecule has 0 spiro atoms. The van der Waals surface area contributed by atoms with Crippen molar-refractivity contribution >= 4 is 38.9 Å². The molecule has 2 aromatic rings. The molecule has 0 amide bonds. The van der Waals surface area contributed by atoms with Crippen LogP contribution in [0.5, 0.6) is 11.5 Å². The maximum absolute atomic E-state index is 11.7. The van der Waals surface area contributed by atoms with Gasteiger partial charge in [0, 0.05) is 0 Å². The molecular weight excluding hydrogens is 278 g/mol. The molecule has 1 aromatic carbocycles. The van der Waals surface area contributed by atoms with E-state index in [1.807, 2.05) is 0 Å². The van der Waals surface area contributed by atoms with Gasteiger partial charge in [-0.2, -0.15) is 0 Å². The largest absolute Gasteiger partial charge is 0.493 e. The van der Waals surface area contributed by atoms with Crippen molar-refractivity contribution in [3.8, 4) is 11.5 Å². The van der Waals surface area contributed by atoms with Crippen LogP contribution in [0.25, 0.3) is 10.2 Å². The maximum Gasteiger partial charge on any atom is 0.190 e. The van der Waals surface area contributed by atoms with Crippen molar-refractivity contribution in [1.29, 1.82) is 0 Å². The van der Waals surface area contributed by atoms with Gasteiger partial charge in [-0.1, -0.05) is 22.9 Å². The third kappa shape index (κ3) is 2.03. The van der Waals surface area contributed by atoms with Crippen molar-refractivity contribution in [2.75, 3.05) is 20.8 Å². The van der Waals surface area contributed by atoms with Gasteiger partial charge < -0.3 is 14.6 Å². The van der Waals surface area contributed by atoms with Crippen molar-refractivity contribution < 1.29 is 19.4 Å². The smallest absolute Gasteiger partial charge is 0.190 e. The van der Waals surface area contributed by atoms with E-state index in [9.17, 15) is 4.79 Å².